The van der Waals surface area contributed by atoms with Crippen LogP contribution in [-0.2, 0) is 14.3 Å². The van der Waals surface area contributed by atoms with Crippen LogP contribution in [0.4, 0.5) is 0 Å². The van der Waals surface area contributed by atoms with Gasteiger partial charge in [-0.2, -0.15) is 11.8 Å². The Kier molecular flexibility index (Phi) is 7.23. The van der Waals surface area contributed by atoms with Crippen molar-refractivity contribution in [1.82, 2.24) is 10.6 Å². The van der Waals surface area contributed by atoms with E-state index < -0.39 is 12.0 Å². The van der Waals surface area contributed by atoms with Crippen LogP contribution < -0.4 is 10.6 Å². The molecule has 0 saturated heterocycles. The van der Waals surface area contributed by atoms with Gasteiger partial charge >= 0.3 is 5.97 Å². The zero-order chi connectivity index (χ0) is 14.3. The Morgan fingerprint density at radius 3 is 2.63 bits per heavy atom. The quantitative estimate of drug-likeness (QED) is 0.712. The van der Waals surface area contributed by atoms with E-state index in [9.17, 15) is 9.59 Å². The van der Waals surface area contributed by atoms with Gasteiger partial charge in [-0.25, -0.2) is 4.79 Å². The first-order valence-electron chi connectivity index (χ1n) is 6.69. The van der Waals surface area contributed by atoms with Gasteiger partial charge in [0.05, 0.1) is 7.11 Å². The first kappa shape index (κ1) is 16.3. The number of carbonyl (C=O) groups is 2. The summed E-state index contributed by atoms with van der Waals surface area (Å²) in [5, 5.41) is 6.61. The molecule has 1 amide bonds. The van der Waals surface area contributed by atoms with Gasteiger partial charge in [0.1, 0.15) is 6.04 Å². The van der Waals surface area contributed by atoms with E-state index >= 15 is 0 Å². The molecule has 0 aromatic rings. The molecule has 1 rings (SSSR count). The zero-order valence-corrected chi connectivity index (χ0v) is 12.7. The van der Waals surface area contributed by atoms with Gasteiger partial charge in [-0.1, -0.05) is 12.8 Å². The van der Waals surface area contributed by atoms with Crippen LogP contribution in [0.25, 0.3) is 0 Å². The highest BCUT2D eigenvalue weighted by molar-refractivity contribution is 7.99. The molecule has 110 valence electrons. The van der Waals surface area contributed by atoms with Gasteiger partial charge in [0.25, 0.3) is 0 Å². The van der Waals surface area contributed by atoms with Crippen molar-refractivity contribution in [2.75, 3.05) is 19.9 Å². The zero-order valence-electron chi connectivity index (χ0n) is 11.9. The summed E-state index contributed by atoms with van der Waals surface area (Å²) in [4.78, 5) is 22.7. The number of hydrogen-bond donors (Lipinski definition) is 2. The maximum Gasteiger partial charge on any atom is 0.329 e. The number of ether oxygens (including phenoxy) is 1. The lowest BCUT2D eigenvalue weighted by atomic mass is 9.94. The second-order valence-electron chi connectivity index (χ2n) is 4.85. The Labute approximate surface area is 119 Å². The molecule has 3 unspecified atom stereocenters. The molecule has 6 heteroatoms. The average Bonchev–Trinajstić information content (AvgIpc) is 2.42. The predicted molar refractivity (Wildman–Crippen MR) is 77.2 cm³/mol. The minimum absolute atomic E-state index is 0.220. The van der Waals surface area contributed by atoms with Crippen LogP contribution in [-0.4, -0.2) is 49.1 Å². The lowest BCUT2D eigenvalue weighted by molar-refractivity contribution is -0.144. The molecule has 1 fully saturated rings. The van der Waals surface area contributed by atoms with Crippen molar-refractivity contribution in [1.29, 1.82) is 0 Å². The van der Waals surface area contributed by atoms with Crippen LogP contribution in [0, 0.1) is 0 Å². The largest absolute Gasteiger partial charge is 0.467 e. The maximum atomic E-state index is 11.6. The Morgan fingerprint density at radius 2 is 2.05 bits per heavy atom. The third kappa shape index (κ3) is 5.40. The third-order valence-electron chi connectivity index (χ3n) is 3.45. The van der Waals surface area contributed by atoms with Crippen molar-refractivity contribution in [3.63, 3.8) is 0 Å². The number of nitrogens with one attached hydrogen (secondary N) is 2. The van der Waals surface area contributed by atoms with E-state index in [1.807, 2.05) is 11.8 Å². The molecular formula is C13H24N2O3S. The van der Waals surface area contributed by atoms with Crippen LogP contribution in [0.3, 0.4) is 0 Å². The first-order valence-corrected chi connectivity index (χ1v) is 7.98. The molecule has 0 aromatic heterocycles. The van der Waals surface area contributed by atoms with Crippen LogP contribution in [0.1, 0.15) is 32.6 Å². The second kappa shape index (κ2) is 8.43. The Bertz CT molecular complexity index is 312. The topological polar surface area (TPSA) is 67.4 Å². The van der Waals surface area contributed by atoms with Gasteiger partial charge in [0, 0.05) is 24.8 Å². The van der Waals surface area contributed by atoms with Crippen molar-refractivity contribution in [2.24, 2.45) is 0 Å². The molecule has 3 atom stereocenters. The van der Waals surface area contributed by atoms with Crippen molar-refractivity contribution in [2.45, 2.75) is 49.9 Å². The number of esters is 1. The van der Waals surface area contributed by atoms with Gasteiger partial charge in [0.15, 0.2) is 0 Å². The molecule has 0 spiro atoms. The normalized spacial score (nSPS) is 24.6. The predicted octanol–water partition coefficient (Wildman–Crippen LogP) is 0.928. The van der Waals surface area contributed by atoms with Gasteiger partial charge in [-0.05, 0) is 19.1 Å². The van der Waals surface area contributed by atoms with Crippen molar-refractivity contribution < 1.29 is 14.3 Å². The number of carbonyl (C=O) groups excluding carboxylic acids is 2. The fourth-order valence-corrected chi connectivity index (χ4v) is 3.43. The molecule has 0 heterocycles. The molecule has 1 aliphatic carbocycles. The van der Waals surface area contributed by atoms with E-state index in [-0.39, 0.29) is 5.91 Å². The average molecular weight is 288 g/mol. The highest BCUT2D eigenvalue weighted by atomic mass is 32.2. The number of amides is 1. The van der Waals surface area contributed by atoms with E-state index in [1.165, 1.54) is 33.3 Å². The van der Waals surface area contributed by atoms with E-state index in [1.54, 1.807) is 0 Å². The molecular weight excluding hydrogens is 264 g/mol. The number of rotatable bonds is 6. The summed E-state index contributed by atoms with van der Waals surface area (Å²) in [7, 11) is 1.34. The molecule has 0 radical (unpaired) electrons. The minimum Gasteiger partial charge on any atom is -0.467 e. The summed E-state index contributed by atoms with van der Waals surface area (Å²) in [6, 6.07) is -0.198. The number of methoxy groups -OCH3 is 1. The third-order valence-corrected chi connectivity index (χ3v) is 4.62. The molecule has 19 heavy (non-hydrogen) atoms. The SMILES string of the molecule is COC(=O)C(CNC1CCCCC1SC)NC(C)=O. The van der Waals surface area contributed by atoms with Crippen molar-refractivity contribution >= 4 is 23.6 Å². The molecule has 0 bridgehead atoms. The fourth-order valence-electron chi connectivity index (χ4n) is 2.46. The Morgan fingerprint density at radius 1 is 1.37 bits per heavy atom. The summed E-state index contributed by atoms with van der Waals surface area (Å²) < 4.78 is 4.71. The highest BCUT2D eigenvalue weighted by Gasteiger charge is 2.27. The molecule has 5 nitrogen and oxygen atoms in total. The van der Waals surface area contributed by atoms with Crippen LogP contribution >= 0.6 is 11.8 Å². The minimum atomic E-state index is -0.605. The van der Waals surface area contributed by atoms with E-state index in [0.717, 1.165) is 6.42 Å². The van der Waals surface area contributed by atoms with E-state index in [0.29, 0.717) is 17.8 Å². The molecule has 1 aliphatic rings. The van der Waals surface area contributed by atoms with Gasteiger partial charge in [0.2, 0.25) is 5.91 Å². The number of hydrogen-bond acceptors (Lipinski definition) is 5. The lowest BCUT2D eigenvalue weighted by Gasteiger charge is -2.32. The van der Waals surface area contributed by atoms with E-state index in [4.69, 9.17) is 4.74 Å². The summed E-state index contributed by atoms with van der Waals surface area (Å²) in [5.74, 6) is -0.624. The van der Waals surface area contributed by atoms with Gasteiger partial charge < -0.3 is 15.4 Å². The van der Waals surface area contributed by atoms with Crippen LogP contribution in [0.2, 0.25) is 0 Å². The van der Waals surface area contributed by atoms with E-state index in [2.05, 4.69) is 16.9 Å². The second-order valence-corrected chi connectivity index (χ2v) is 5.93. The monoisotopic (exact) mass is 288 g/mol. The van der Waals surface area contributed by atoms with Crippen LogP contribution in [0.5, 0.6) is 0 Å². The number of thioether (sulfide) groups is 1. The summed E-state index contributed by atoms with van der Waals surface area (Å²) in [5.41, 5.74) is 0. The molecule has 0 aliphatic heterocycles. The summed E-state index contributed by atoms with van der Waals surface area (Å²) in [6.07, 6.45) is 6.95. The van der Waals surface area contributed by atoms with Gasteiger partial charge in [-0.15, -0.1) is 0 Å². The maximum absolute atomic E-state index is 11.6. The fraction of sp³-hybridized carbons (Fsp3) is 0.846. The Balaban J connectivity index is 2.49. The smallest absolute Gasteiger partial charge is 0.329 e. The molecule has 1 saturated carbocycles. The van der Waals surface area contributed by atoms with Crippen molar-refractivity contribution in [3.05, 3.63) is 0 Å². The molecule has 2 N–H and O–H groups in total. The van der Waals surface area contributed by atoms with Crippen LogP contribution in [0.15, 0.2) is 0 Å². The Hall–Kier alpha value is -0.750. The first-order chi connectivity index (χ1) is 9.08. The van der Waals surface area contributed by atoms with Gasteiger partial charge in [-0.3, -0.25) is 4.79 Å². The molecule has 0 aromatic carbocycles. The lowest BCUT2D eigenvalue weighted by Crippen LogP contribution is -2.51. The summed E-state index contributed by atoms with van der Waals surface area (Å²) >= 11 is 1.87. The summed E-state index contributed by atoms with van der Waals surface area (Å²) in [6.45, 7) is 1.83. The standard InChI is InChI=1S/C13H24N2O3S/c1-9(16)15-11(13(17)18-2)8-14-10-6-4-5-7-12(10)19-3/h10-12,14H,4-8H2,1-3H3,(H,15,16). The highest BCUT2D eigenvalue weighted by Crippen LogP contribution is 2.27. The van der Waals surface area contributed by atoms with Crippen molar-refractivity contribution in [3.8, 4) is 0 Å².